The average molecular weight is 607 g/mol. The molecule has 2 aromatic carbocycles. The van der Waals surface area contributed by atoms with E-state index in [-0.39, 0.29) is 18.4 Å². The minimum atomic E-state index is -1.50. The molecular weight excluding hydrogens is 579 g/mol. The Morgan fingerprint density at radius 1 is 1.24 bits per heavy atom. The molecule has 4 aromatic rings. The summed E-state index contributed by atoms with van der Waals surface area (Å²) in [5.74, 6) is 0.173. The molecule has 13 nitrogen and oxygen atoms in total. The van der Waals surface area contributed by atoms with Crippen LogP contribution in [0.3, 0.4) is 0 Å². The maximum absolute atomic E-state index is 12.7. The van der Waals surface area contributed by atoms with Gasteiger partial charge >= 0.3 is 5.69 Å². The zero-order chi connectivity index (χ0) is 29.6. The molecule has 1 aliphatic heterocycles. The van der Waals surface area contributed by atoms with Gasteiger partial charge in [0.25, 0.3) is 5.09 Å². The molecule has 1 saturated heterocycles. The lowest BCUT2D eigenvalue weighted by atomic mass is 10.1. The number of imidazole rings is 1. The highest BCUT2D eigenvalue weighted by atomic mass is 35.5. The maximum Gasteiger partial charge on any atom is 0.350 e. The Labute approximate surface area is 244 Å². The van der Waals surface area contributed by atoms with Gasteiger partial charge in [0.2, 0.25) is 5.79 Å². The van der Waals surface area contributed by atoms with Crippen molar-refractivity contribution in [2.24, 2.45) is 0 Å². The first kappa shape index (κ1) is 30.1. The van der Waals surface area contributed by atoms with Crippen LogP contribution < -0.4 is 10.4 Å². The number of nitrogens with zero attached hydrogens (tertiary/aromatic N) is 6. The summed E-state index contributed by atoms with van der Waals surface area (Å²) in [4.78, 5) is 25.2. The fourth-order valence-electron chi connectivity index (χ4n) is 4.43. The van der Waals surface area contributed by atoms with Crippen molar-refractivity contribution >= 4 is 23.2 Å². The average Bonchev–Trinajstić information content (AvgIpc) is 3.64. The summed E-state index contributed by atoms with van der Waals surface area (Å²) in [6, 6.07) is 12.6. The van der Waals surface area contributed by atoms with Crippen LogP contribution in [0.1, 0.15) is 24.7 Å². The third-order valence-electron chi connectivity index (χ3n) is 6.12. The van der Waals surface area contributed by atoms with Gasteiger partial charge in [0.15, 0.2) is 0 Å². The molecule has 0 amide bonds. The SMILES string of the molecule is CCCn1nc(C)n(-c2ccc(OCC3COC(Cn4ccnc4)(c4ccc(Cl)cc4Cl)O3)cc2)c1=O.O=[N+]([O-])O. The summed E-state index contributed by atoms with van der Waals surface area (Å²) < 4.78 is 23.6. The van der Waals surface area contributed by atoms with E-state index in [0.29, 0.717) is 46.9 Å². The van der Waals surface area contributed by atoms with Crippen molar-refractivity contribution in [1.29, 1.82) is 0 Å². The quantitative estimate of drug-likeness (QED) is 0.218. The topological polar surface area (TPSA) is 149 Å². The number of rotatable bonds is 9. The molecular formula is C26H28Cl2N6O7. The maximum atomic E-state index is 12.7. The highest BCUT2D eigenvalue weighted by molar-refractivity contribution is 6.35. The zero-order valence-electron chi connectivity index (χ0n) is 22.2. The van der Waals surface area contributed by atoms with Crippen LogP contribution in [0.25, 0.3) is 5.69 Å². The predicted octanol–water partition coefficient (Wildman–Crippen LogP) is 4.26. The summed E-state index contributed by atoms with van der Waals surface area (Å²) in [5.41, 5.74) is 1.26. The van der Waals surface area contributed by atoms with Gasteiger partial charge in [-0.15, -0.1) is 10.1 Å². The Morgan fingerprint density at radius 3 is 2.61 bits per heavy atom. The number of benzene rings is 2. The number of hydrogen-bond donors (Lipinski definition) is 1. The van der Waals surface area contributed by atoms with Gasteiger partial charge in [-0.05, 0) is 49.7 Å². The number of aryl methyl sites for hydroxylation is 2. The van der Waals surface area contributed by atoms with Gasteiger partial charge in [0, 0.05) is 29.5 Å². The van der Waals surface area contributed by atoms with Crippen molar-refractivity contribution in [3.8, 4) is 11.4 Å². The fourth-order valence-corrected chi connectivity index (χ4v) is 4.98. The Kier molecular flexibility index (Phi) is 9.65. The number of hydrogen-bond acceptors (Lipinski definition) is 8. The van der Waals surface area contributed by atoms with Crippen molar-refractivity contribution in [2.75, 3.05) is 13.2 Å². The molecule has 0 bridgehead atoms. The van der Waals surface area contributed by atoms with E-state index < -0.39 is 10.9 Å². The van der Waals surface area contributed by atoms with Crippen molar-refractivity contribution in [3.05, 3.63) is 103 Å². The summed E-state index contributed by atoms with van der Waals surface area (Å²) in [7, 11) is 0. The first-order valence-corrected chi connectivity index (χ1v) is 13.3. The van der Waals surface area contributed by atoms with Crippen molar-refractivity contribution < 1.29 is 24.5 Å². The molecule has 0 saturated carbocycles. The van der Waals surface area contributed by atoms with Gasteiger partial charge in [-0.1, -0.05) is 36.2 Å². The summed E-state index contributed by atoms with van der Waals surface area (Å²) in [6.45, 7) is 5.36. The largest absolute Gasteiger partial charge is 0.491 e. The van der Waals surface area contributed by atoms with Crippen LogP contribution in [-0.2, 0) is 28.4 Å². The zero-order valence-corrected chi connectivity index (χ0v) is 23.7. The monoisotopic (exact) mass is 606 g/mol. The van der Waals surface area contributed by atoms with E-state index in [1.54, 1.807) is 29.2 Å². The van der Waals surface area contributed by atoms with Gasteiger partial charge in [0.1, 0.15) is 24.3 Å². The highest BCUT2D eigenvalue weighted by Gasteiger charge is 2.45. The van der Waals surface area contributed by atoms with E-state index >= 15 is 0 Å². The second-order valence-corrected chi connectivity index (χ2v) is 9.94. The molecule has 0 spiro atoms. The molecule has 15 heteroatoms. The Balaban J connectivity index is 0.000000909. The molecule has 3 heterocycles. The molecule has 41 heavy (non-hydrogen) atoms. The number of ether oxygens (including phenoxy) is 3. The lowest BCUT2D eigenvalue weighted by Gasteiger charge is -2.30. The molecule has 1 fully saturated rings. The van der Waals surface area contributed by atoms with Gasteiger partial charge in [0.05, 0.1) is 30.2 Å². The lowest BCUT2D eigenvalue weighted by molar-refractivity contribution is -0.742. The molecule has 1 aliphatic rings. The second-order valence-electron chi connectivity index (χ2n) is 9.09. The van der Waals surface area contributed by atoms with Crippen LogP contribution in [0, 0.1) is 17.0 Å². The predicted molar refractivity (Wildman–Crippen MR) is 148 cm³/mol. The van der Waals surface area contributed by atoms with Crippen LogP contribution in [0.2, 0.25) is 10.0 Å². The Morgan fingerprint density at radius 2 is 1.98 bits per heavy atom. The van der Waals surface area contributed by atoms with Crippen molar-refractivity contribution in [3.63, 3.8) is 0 Å². The van der Waals surface area contributed by atoms with Crippen molar-refractivity contribution in [1.82, 2.24) is 23.9 Å². The van der Waals surface area contributed by atoms with Crippen LogP contribution >= 0.6 is 23.2 Å². The number of halogens is 2. The Bertz CT molecular complexity index is 1520. The van der Waals surface area contributed by atoms with E-state index in [1.807, 2.05) is 54.9 Å². The molecule has 2 aromatic heterocycles. The smallest absolute Gasteiger partial charge is 0.350 e. The van der Waals surface area contributed by atoms with Crippen LogP contribution in [-0.4, -0.2) is 53.5 Å². The van der Waals surface area contributed by atoms with E-state index in [4.69, 9.17) is 52.7 Å². The van der Waals surface area contributed by atoms with Crippen LogP contribution in [0.15, 0.2) is 66.0 Å². The standard InChI is InChI=1S/C26H27Cl2N5O4.HNO3/c1-3-11-32-25(34)33(18(2)30-32)20-5-7-21(8-6-20)35-14-22-15-36-26(37-22,16-31-12-10-29-17-31)23-9-4-19(27)13-24(23)28;2-1(3)4/h4-10,12-13,17,22H,3,11,14-16H2,1-2H3;(H,2,3,4). The van der Waals surface area contributed by atoms with Crippen LogP contribution in [0.4, 0.5) is 0 Å². The highest BCUT2D eigenvalue weighted by Crippen LogP contribution is 2.40. The van der Waals surface area contributed by atoms with E-state index in [0.717, 1.165) is 12.1 Å². The fraction of sp³-hybridized carbons (Fsp3) is 0.346. The Hall–Kier alpha value is -3.91. The molecule has 218 valence electrons. The normalized spacial score (nSPS) is 18.1. The number of aromatic nitrogens is 5. The van der Waals surface area contributed by atoms with Gasteiger partial charge < -0.3 is 24.0 Å². The van der Waals surface area contributed by atoms with Gasteiger partial charge in [-0.3, -0.25) is 0 Å². The minimum absolute atomic E-state index is 0.153. The van der Waals surface area contributed by atoms with E-state index in [2.05, 4.69) is 10.1 Å². The molecule has 1 N–H and O–H groups in total. The first-order valence-electron chi connectivity index (χ1n) is 12.6. The third-order valence-corrected chi connectivity index (χ3v) is 6.67. The second kappa shape index (κ2) is 13.2. The van der Waals surface area contributed by atoms with Crippen LogP contribution in [0.5, 0.6) is 5.75 Å². The summed E-state index contributed by atoms with van der Waals surface area (Å²) in [6.07, 6.45) is 5.72. The van der Waals surface area contributed by atoms with E-state index in [1.165, 1.54) is 4.68 Å². The first-order chi connectivity index (χ1) is 19.6. The molecule has 0 radical (unpaired) electrons. The van der Waals surface area contributed by atoms with E-state index in [9.17, 15) is 4.79 Å². The summed E-state index contributed by atoms with van der Waals surface area (Å²) >= 11 is 12.7. The molecule has 0 aliphatic carbocycles. The van der Waals surface area contributed by atoms with Crippen molar-refractivity contribution in [2.45, 2.75) is 45.2 Å². The minimum Gasteiger partial charge on any atom is -0.491 e. The summed E-state index contributed by atoms with van der Waals surface area (Å²) in [5, 5.41) is 19.0. The van der Waals surface area contributed by atoms with Gasteiger partial charge in [-0.25, -0.2) is 19.0 Å². The van der Waals surface area contributed by atoms with Gasteiger partial charge in [-0.2, -0.15) is 5.10 Å². The third kappa shape index (κ3) is 7.24. The molecule has 5 rings (SSSR count). The lowest BCUT2D eigenvalue weighted by Crippen LogP contribution is -2.34. The molecule has 2 unspecified atom stereocenters. The molecule has 2 atom stereocenters.